The van der Waals surface area contributed by atoms with E-state index < -0.39 is 10.0 Å². The first-order valence-corrected chi connectivity index (χ1v) is 12.4. The first-order valence-electron chi connectivity index (χ1n) is 10.0. The first-order chi connectivity index (χ1) is 15.3. The molecule has 7 nitrogen and oxygen atoms in total. The van der Waals surface area contributed by atoms with Gasteiger partial charge in [-0.1, -0.05) is 30.3 Å². The Balaban J connectivity index is 1.57. The van der Waals surface area contributed by atoms with Crippen molar-refractivity contribution in [3.8, 4) is 5.75 Å². The van der Waals surface area contributed by atoms with Gasteiger partial charge in [-0.15, -0.1) is 11.3 Å². The number of methoxy groups -OCH3 is 1. The fourth-order valence-electron chi connectivity index (χ4n) is 3.22. The van der Waals surface area contributed by atoms with E-state index in [1.54, 1.807) is 48.9 Å². The van der Waals surface area contributed by atoms with Crippen molar-refractivity contribution >= 4 is 33.0 Å². The van der Waals surface area contributed by atoms with E-state index in [1.165, 1.54) is 0 Å². The van der Waals surface area contributed by atoms with Gasteiger partial charge in [-0.3, -0.25) is 9.52 Å². The Labute approximate surface area is 193 Å². The lowest BCUT2D eigenvalue weighted by Crippen LogP contribution is -2.35. The van der Waals surface area contributed by atoms with E-state index in [0.717, 1.165) is 28.2 Å². The SMILES string of the molecule is COc1cccc(C(CNC(=O)Cc2ccc(NS(=O)(=O)c3cccs3)cc2)N(C)C)c1. The van der Waals surface area contributed by atoms with Gasteiger partial charge in [-0.05, 0) is 60.9 Å². The molecule has 0 bridgehead atoms. The summed E-state index contributed by atoms with van der Waals surface area (Å²) < 4.78 is 32.7. The Hall–Kier alpha value is -2.88. The summed E-state index contributed by atoms with van der Waals surface area (Å²) in [6.45, 7) is 0.456. The Kier molecular flexibility index (Phi) is 7.89. The van der Waals surface area contributed by atoms with Crippen molar-refractivity contribution in [2.24, 2.45) is 0 Å². The third kappa shape index (κ3) is 6.32. The van der Waals surface area contributed by atoms with Crippen LogP contribution in [0.1, 0.15) is 17.2 Å². The Morgan fingerprint density at radius 1 is 1.09 bits per heavy atom. The molecule has 1 amide bonds. The minimum atomic E-state index is -3.59. The molecule has 1 unspecified atom stereocenters. The van der Waals surface area contributed by atoms with Crippen LogP contribution in [-0.2, 0) is 21.2 Å². The van der Waals surface area contributed by atoms with E-state index in [0.29, 0.717) is 12.2 Å². The van der Waals surface area contributed by atoms with Crippen LogP contribution in [0.4, 0.5) is 5.69 Å². The molecule has 1 aromatic heterocycles. The van der Waals surface area contributed by atoms with Gasteiger partial charge in [0.25, 0.3) is 10.0 Å². The van der Waals surface area contributed by atoms with Crippen LogP contribution < -0.4 is 14.8 Å². The maximum atomic E-state index is 12.5. The van der Waals surface area contributed by atoms with Crippen molar-refractivity contribution in [3.05, 3.63) is 77.2 Å². The zero-order valence-corrected chi connectivity index (χ0v) is 19.9. The molecule has 0 saturated heterocycles. The number of nitrogens with zero attached hydrogens (tertiary/aromatic N) is 1. The summed E-state index contributed by atoms with van der Waals surface area (Å²) in [6.07, 6.45) is 0.205. The fraction of sp³-hybridized carbons (Fsp3) is 0.261. The van der Waals surface area contributed by atoms with Crippen molar-refractivity contribution in [2.75, 3.05) is 32.5 Å². The van der Waals surface area contributed by atoms with Crippen molar-refractivity contribution in [2.45, 2.75) is 16.7 Å². The second kappa shape index (κ2) is 10.6. The summed E-state index contributed by atoms with van der Waals surface area (Å²) >= 11 is 1.16. The molecular formula is C23H27N3O4S2. The average Bonchev–Trinajstić information content (AvgIpc) is 3.31. The van der Waals surface area contributed by atoms with Crippen LogP contribution in [0.25, 0.3) is 0 Å². The monoisotopic (exact) mass is 473 g/mol. The molecule has 0 radical (unpaired) electrons. The molecule has 2 N–H and O–H groups in total. The molecule has 0 fully saturated rings. The maximum Gasteiger partial charge on any atom is 0.271 e. The summed E-state index contributed by atoms with van der Waals surface area (Å²) in [5.74, 6) is 0.669. The average molecular weight is 474 g/mol. The molecular weight excluding hydrogens is 446 g/mol. The molecule has 0 aliphatic carbocycles. The lowest BCUT2D eigenvalue weighted by Gasteiger charge is -2.25. The molecule has 9 heteroatoms. The predicted octanol–water partition coefficient (Wildman–Crippen LogP) is 3.52. The highest BCUT2D eigenvalue weighted by atomic mass is 32.2. The number of rotatable bonds is 10. The van der Waals surface area contributed by atoms with Gasteiger partial charge < -0.3 is 15.0 Å². The zero-order chi connectivity index (χ0) is 23.1. The van der Waals surface area contributed by atoms with E-state index >= 15 is 0 Å². The smallest absolute Gasteiger partial charge is 0.271 e. The third-order valence-electron chi connectivity index (χ3n) is 4.93. The van der Waals surface area contributed by atoms with E-state index in [1.807, 2.05) is 43.3 Å². The largest absolute Gasteiger partial charge is 0.497 e. The number of thiophene rings is 1. The standard InChI is InChI=1S/C23H27N3O4S2/c1-26(2)21(18-6-4-7-20(15-18)30-3)16-24-22(27)14-17-9-11-19(12-10-17)25-32(28,29)23-8-5-13-31-23/h4-13,15,21,25H,14,16H2,1-3H3,(H,24,27). The van der Waals surface area contributed by atoms with Gasteiger partial charge >= 0.3 is 0 Å². The number of carbonyl (C=O) groups excluding carboxylic acids is 1. The van der Waals surface area contributed by atoms with E-state index in [-0.39, 0.29) is 22.6 Å². The summed E-state index contributed by atoms with van der Waals surface area (Å²) in [4.78, 5) is 14.5. The second-order valence-corrected chi connectivity index (χ2v) is 10.3. The Morgan fingerprint density at radius 3 is 2.47 bits per heavy atom. The highest BCUT2D eigenvalue weighted by Crippen LogP contribution is 2.23. The molecule has 32 heavy (non-hydrogen) atoms. The summed E-state index contributed by atoms with van der Waals surface area (Å²) in [7, 11) is 1.97. The Bertz CT molecular complexity index is 1130. The third-order valence-corrected chi connectivity index (χ3v) is 7.70. The van der Waals surface area contributed by atoms with Crippen LogP contribution in [0.2, 0.25) is 0 Å². The normalized spacial score (nSPS) is 12.4. The fourth-order valence-corrected chi connectivity index (χ4v) is 5.27. The number of likely N-dealkylation sites (N-methyl/N-ethyl adjacent to an activating group) is 1. The summed E-state index contributed by atoms with van der Waals surface area (Å²) in [6, 6.07) is 17.9. The molecule has 1 atom stereocenters. The molecule has 3 rings (SSSR count). The van der Waals surface area contributed by atoms with Crippen LogP contribution in [0.15, 0.2) is 70.3 Å². The van der Waals surface area contributed by atoms with E-state index in [2.05, 4.69) is 10.0 Å². The molecule has 3 aromatic rings. The van der Waals surface area contributed by atoms with Gasteiger partial charge in [0.05, 0.1) is 19.6 Å². The number of ether oxygens (including phenoxy) is 1. The van der Waals surface area contributed by atoms with Crippen LogP contribution in [0, 0.1) is 0 Å². The van der Waals surface area contributed by atoms with Crippen molar-refractivity contribution < 1.29 is 17.9 Å². The van der Waals surface area contributed by atoms with Gasteiger partial charge in [0, 0.05) is 12.2 Å². The minimum absolute atomic E-state index is 0.00286. The maximum absolute atomic E-state index is 12.5. The number of hydrogen-bond donors (Lipinski definition) is 2. The summed E-state index contributed by atoms with van der Waals surface area (Å²) in [5.41, 5.74) is 2.30. The van der Waals surface area contributed by atoms with E-state index in [4.69, 9.17) is 4.74 Å². The van der Waals surface area contributed by atoms with Crippen LogP contribution >= 0.6 is 11.3 Å². The topological polar surface area (TPSA) is 87.7 Å². The van der Waals surface area contributed by atoms with E-state index in [9.17, 15) is 13.2 Å². The van der Waals surface area contributed by atoms with Gasteiger partial charge in [-0.2, -0.15) is 0 Å². The summed E-state index contributed by atoms with van der Waals surface area (Å²) in [5, 5.41) is 4.70. The number of carbonyl (C=O) groups is 1. The Morgan fingerprint density at radius 2 is 1.84 bits per heavy atom. The quantitative estimate of drug-likeness (QED) is 0.470. The van der Waals surface area contributed by atoms with Crippen LogP contribution in [-0.4, -0.2) is 47.0 Å². The van der Waals surface area contributed by atoms with Gasteiger partial charge in [0.2, 0.25) is 5.91 Å². The minimum Gasteiger partial charge on any atom is -0.497 e. The lowest BCUT2D eigenvalue weighted by molar-refractivity contribution is -0.120. The molecule has 0 spiro atoms. The second-order valence-electron chi connectivity index (χ2n) is 7.47. The molecule has 2 aromatic carbocycles. The molecule has 170 valence electrons. The van der Waals surface area contributed by atoms with Crippen molar-refractivity contribution in [1.82, 2.24) is 10.2 Å². The number of sulfonamides is 1. The van der Waals surface area contributed by atoms with Crippen LogP contribution in [0.3, 0.4) is 0 Å². The van der Waals surface area contributed by atoms with Gasteiger partial charge in [0.1, 0.15) is 9.96 Å². The number of hydrogen-bond acceptors (Lipinski definition) is 6. The lowest BCUT2D eigenvalue weighted by atomic mass is 10.1. The number of nitrogens with one attached hydrogen (secondary N) is 2. The van der Waals surface area contributed by atoms with Gasteiger partial charge in [-0.25, -0.2) is 8.42 Å². The highest BCUT2D eigenvalue weighted by molar-refractivity contribution is 7.94. The molecule has 1 heterocycles. The highest BCUT2D eigenvalue weighted by Gasteiger charge is 2.17. The molecule has 0 aliphatic rings. The number of amides is 1. The molecule has 0 saturated carbocycles. The van der Waals surface area contributed by atoms with Crippen molar-refractivity contribution in [1.29, 1.82) is 0 Å². The predicted molar refractivity (Wildman–Crippen MR) is 128 cm³/mol. The molecule has 0 aliphatic heterocycles. The zero-order valence-electron chi connectivity index (χ0n) is 18.2. The number of benzene rings is 2. The van der Waals surface area contributed by atoms with Crippen molar-refractivity contribution in [3.63, 3.8) is 0 Å². The first kappa shape index (κ1) is 23.8. The number of anilines is 1. The van der Waals surface area contributed by atoms with Crippen LogP contribution in [0.5, 0.6) is 5.75 Å². The van der Waals surface area contributed by atoms with Gasteiger partial charge in [0.15, 0.2) is 0 Å².